The van der Waals surface area contributed by atoms with Crippen LogP contribution < -0.4 is 10.6 Å². The molecular formula is C18H31IN4O2. The highest BCUT2D eigenvalue weighted by Gasteiger charge is 2.20. The fourth-order valence-corrected chi connectivity index (χ4v) is 2.02. The Kier molecular flexibility index (Phi) is 11.2. The van der Waals surface area contributed by atoms with Crippen LogP contribution in [-0.2, 0) is 11.3 Å². The highest BCUT2D eigenvalue weighted by atomic mass is 127. The second kappa shape index (κ2) is 11.9. The number of nitrogens with zero attached hydrogens (tertiary/aromatic N) is 2. The van der Waals surface area contributed by atoms with Crippen LogP contribution in [0, 0.1) is 0 Å². The Morgan fingerprint density at radius 3 is 2.36 bits per heavy atom. The van der Waals surface area contributed by atoms with Gasteiger partial charge in [0, 0.05) is 33.2 Å². The van der Waals surface area contributed by atoms with E-state index in [1.807, 2.05) is 45.9 Å². The molecule has 0 heterocycles. The molecule has 6 nitrogen and oxygen atoms in total. The molecule has 1 rings (SSSR count). The first-order valence-electron chi connectivity index (χ1n) is 8.32. The molecule has 0 aliphatic heterocycles. The Morgan fingerprint density at radius 2 is 1.84 bits per heavy atom. The summed E-state index contributed by atoms with van der Waals surface area (Å²) in [5.41, 5.74) is 0.704. The van der Waals surface area contributed by atoms with E-state index in [1.54, 1.807) is 11.9 Å². The minimum absolute atomic E-state index is 0. The van der Waals surface area contributed by atoms with Gasteiger partial charge < -0.3 is 20.3 Å². The van der Waals surface area contributed by atoms with E-state index in [2.05, 4.69) is 27.8 Å². The van der Waals surface area contributed by atoms with Crippen molar-refractivity contribution in [1.29, 1.82) is 0 Å². The lowest BCUT2D eigenvalue weighted by molar-refractivity contribution is 0.0264. The van der Waals surface area contributed by atoms with Crippen LogP contribution in [0.2, 0.25) is 0 Å². The number of hydrogen-bond donors (Lipinski definition) is 2. The van der Waals surface area contributed by atoms with Crippen molar-refractivity contribution >= 4 is 36.0 Å². The maximum atomic E-state index is 12.1. The number of rotatable bonds is 6. The standard InChI is InChI=1S/C18H30N4O2.HI/c1-6-22(17(23)24-18(2,3)4)13-12-20-16(19-5)21-14-15-10-8-7-9-11-15;/h7-11H,6,12-14H2,1-5H3,(H2,19,20,21);1H. The van der Waals surface area contributed by atoms with Crippen molar-refractivity contribution in [2.24, 2.45) is 4.99 Å². The van der Waals surface area contributed by atoms with Gasteiger partial charge in [-0.25, -0.2) is 4.79 Å². The predicted molar refractivity (Wildman–Crippen MR) is 114 cm³/mol. The number of halogens is 1. The number of likely N-dealkylation sites (N-methyl/N-ethyl adjacent to an activating group) is 1. The molecule has 0 radical (unpaired) electrons. The Balaban J connectivity index is 0.00000576. The average molecular weight is 462 g/mol. The van der Waals surface area contributed by atoms with Crippen LogP contribution in [0.3, 0.4) is 0 Å². The first-order chi connectivity index (χ1) is 11.4. The normalized spacial score (nSPS) is 11.3. The topological polar surface area (TPSA) is 66.0 Å². The molecule has 1 amide bonds. The van der Waals surface area contributed by atoms with E-state index in [0.29, 0.717) is 32.1 Å². The fraction of sp³-hybridized carbons (Fsp3) is 0.556. The van der Waals surface area contributed by atoms with Gasteiger partial charge in [0.2, 0.25) is 0 Å². The maximum absolute atomic E-state index is 12.1. The number of carbonyl (C=O) groups is 1. The van der Waals surface area contributed by atoms with Crippen molar-refractivity contribution in [3.05, 3.63) is 35.9 Å². The average Bonchev–Trinajstić information content (AvgIpc) is 2.53. The molecule has 142 valence electrons. The molecule has 0 bridgehead atoms. The van der Waals surface area contributed by atoms with Gasteiger partial charge >= 0.3 is 6.09 Å². The van der Waals surface area contributed by atoms with Gasteiger partial charge in [0.25, 0.3) is 0 Å². The molecule has 0 aromatic heterocycles. The summed E-state index contributed by atoms with van der Waals surface area (Å²) in [6, 6.07) is 10.1. The third kappa shape index (κ3) is 10.2. The van der Waals surface area contributed by atoms with E-state index in [0.717, 1.165) is 0 Å². The predicted octanol–water partition coefficient (Wildman–Crippen LogP) is 3.23. The highest BCUT2D eigenvalue weighted by Crippen LogP contribution is 2.09. The largest absolute Gasteiger partial charge is 0.444 e. The zero-order valence-electron chi connectivity index (χ0n) is 15.8. The van der Waals surface area contributed by atoms with Crippen molar-refractivity contribution < 1.29 is 9.53 Å². The van der Waals surface area contributed by atoms with Crippen molar-refractivity contribution in [2.45, 2.75) is 39.8 Å². The molecule has 0 aliphatic rings. The SMILES string of the molecule is CCN(CCNC(=NC)NCc1ccccc1)C(=O)OC(C)(C)C.I. The maximum Gasteiger partial charge on any atom is 0.410 e. The molecule has 7 heteroatoms. The summed E-state index contributed by atoms with van der Waals surface area (Å²) in [7, 11) is 1.73. The van der Waals surface area contributed by atoms with Gasteiger partial charge in [-0.3, -0.25) is 4.99 Å². The van der Waals surface area contributed by atoms with Crippen molar-refractivity contribution in [2.75, 3.05) is 26.7 Å². The van der Waals surface area contributed by atoms with Crippen molar-refractivity contribution in [3.8, 4) is 0 Å². The lowest BCUT2D eigenvalue weighted by Gasteiger charge is -2.26. The lowest BCUT2D eigenvalue weighted by atomic mass is 10.2. The van der Waals surface area contributed by atoms with E-state index < -0.39 is 5.60 Å². The van der Waals surface area contributed by atoms with Crippen LogP contribution in [0.25, 0.3) is 0 Å². The summed E-state index contributed by atoms with van der Waals surface area (Å²) in [4.78, 5) is 17.9. The monoisotopic (exact) mass is 462 g/mol. The van der Waals surface area contributed by atoms with E-state index in [-0.39, 0.29) is 30.1 Å². The van der Waals surface area contributed by atoms with Crippen molar-refractivity contribution in [1.82, 2.24) is 15.5 Å². The summed E-state index contributed by atoms with van der Waals surface area (Å²) >= 11 is 0. The van der Waals surface area contributed by atoms with Crippen LogP contribution in [0.4, 0.5) is 4.79 Å². The number of nitrogens with one attached hydrogen (secondary N) is 2. The van der Waals surface area contributed by atoms with E-state index in [4.69, 9.17) is 4.74 Å². The van der Waals surface area contributed by atoms with Crippen LogP contribution in [-0.4, -0.2) is 49.2 Å². The van der Waals surface area contributed by atoms with Gasteiger partial charge in [0.1, 0.15) is 5.60 Å². The third-order valence-corrected chi connectivity index (χ3v) is 3.23. The molecule has 0 spiro atoms. The molecule has 1 aromatic carbocycles. The smallest absolute Gasteiger partial charge is 0.410 e. The summed E-state index contributed by atoms with van der Waals surface area (Å²) in [5.74, 6) is 0.707. The van der Waals surface area contributed by atoms with Gasteiger partial charge in [0.15, 0.2) is 5.96 Å². The van der Waals surface area contributed by atoms with Crippen LogP contribution >= 0.6 is 24.0 Å². The fourth-order valence-electron chi connectivity index (χ4n) is 2.02. The summed E-state index contributed by atoms with van der Waals surface area (Å²) < 4.78 is 5.39. The van der Waals surface area contributed by atoms with Gasteiger partial charge in [0.05, 0.1) is 0 Å². The second-order valence-electron chi connectivity index (χ2n) is 6.40. The van der Waals surface area contributed by atoms with Crippen LogP contribution in [0.5, 0.6) is 0 Å². The minimum Gasteiger partial charge on any atom is -0.444 e. The molecule has 0 atom stereocenters. The zero-order chi connectivity index (χ0) is 18.0. The summed E-state index contributed by atoms with van der Waals surface area (Å²) in [5, 5.41) is 6.46. The number of hydrogen-bond acceptors (Lipinski definition) is 3. The highest BCUT2D eigenvalue weighted by molar-refractivity contribution is 14.0. The molecular weight excluding hydrogens is 431 g/mol. The first-order valence-corrected chi connectivity index (χ1v) is 8.32. The van der Waals surface area contributed by atoms with Crippen molar-refractivity contribution in [3.63, 3.8) is 0 Å². The summed E-state index contributed by atoms with van der Waals surface area (Å²) in [6.45, 7) is 9.99. The van der Waals surface area contributed by atoms with Gasteiger partial charge in [-0.05, 0) is 33.3 Å². The molecule has 0 saturated carbocycles. The molecule has 0 fully saturated rings. The molecule has 2 N–H and O–H groups in total. The number of carbonyl (C=O) groups excluding carboxylic acids is 1. The number of benzene rings is 1. The van der Waals surface area contributed by atoms with E-state index in [9.17, 15) is 4.79 Å². The third-order valence-electron chi connectivity index (χ3n) is 3.23. The number of ether oxygens (including phenoxy) is 1. The van der Waals surface area contributed by atoms with Gasteiger partial charge in [-0.1, -0.05) is 30.3 Å². The number of aliphatic imine (C=N–C) groups is 1. The Bertz CT molecular complexity index is 530. The van der Waals surface area contributed by atoms with Crippen LogP contribution in [0.1, 0.15) is 33.3 Å². The van der Waals surface area contributed by atoms with Crippen LogP contribution in [0.15, 0.2) is 35.3 Å². The van der Waals surface area contributed by atoms with Gasteiger partial charge in [-0.15, -0.1) is 24.0 Å². The summed E-state index contributed by atoms with van der Waals surface area (Å²) in [6.07, 6.45) is -0.293. The Labute approximate surface area is 168 Å². The number of guanidine groups is 1. The number of amides is 1. The lowest BCUT2D eigenvalue weighted by Crippen LogP contribution is -2.44. The minimum atomic E-state index is -0.481. The Hall–Kier alpha value is -1.51. The molecule has 25 heavy (non-hydrogen) atoms. The molecule has 0 aliphatic carbocycles. The second-order valence-corrected chi connectivity index (χ2v) is 6.40. The molecule has 0 unspecified atom stereocenters. The zero-order valence-corrected chi connectivity index (χ0v) is 18.2. The van der Waals surface area contributed by atoms with E-state index >= 15 is 0 Å². The first kappa shape index (κ1) is 23.5. The Morgan fingerprint density at radius 1 is 1.20 bits per heavy atom. The van der Waals surface area contributed by atoms with Gasteiger partial charge in [-0.2, -0.15) is 0 Å². The molecule has 1 aromatic rings. The quantitative estimate of drug-likeness (QED) is 0.387. The molecule has 0 saturated heterocycles. The van der Waals surface area contributed by atoms with E-state index in [1.165, 1.54) is 5.56 Å².